The van der Waals surface area contributed by atoms with E-state index in [0.29, 0.717) is 23.9 Å². The first-order valence-electron chi connectivity index (χ1n) is 4.90. The summed E-state index contributed by atoms with van der Waals surface area (Å²) in [5.74, 6) is -0.0196. The minimum absolute atomic E-state index is 0.119. The Balaban J connectivity index is 2.32. The summed E-state index contributed by atoms with van der Waals surface area (Å²) in [7, 11) is 0. The highest BCUT2D eigenvalue weighted by molar-refractivity contribution is 5.67. The molecule has 0 spiro atoms. The summed E-state index contributed by atoms with van der Waals surface area (Å²) in [6.07, 6.45) is 2.33. The van der Waals surface area contributed by atoms with E-state index in [2.05, 4.69) is 10.2 Å². The molecule has 2 aromatic heterocycles. The Kier molecular flexibility index (Phi) is 2.72. The van der Waals surface area contributed by atoms with Gasteiger partial charge in [-0.25, -0.2) is 0 Å². The van der Waals surface area contributed by atoms with Crippen molar-refractivity contribution in [1.82, 2.24) is 14.8 Å². The van der Waals surface area contributed by atoms with Gasteiger partial charge in [0.1, 0.15) is 12.2 Å². The molecule has 0 fully saturated rings. The van der Waals surface area contributed by atoms with Crippen LogP contribution < -0.4 is 0 Å². The second-order valence-corrected chi connectivity index (χ2v) is 3.27. The van der Waals surface area contributed by atoms with E-state index >= 15 is 0 Å². The van der Waals surface area contributed by atoms with Gasteiger partial charge in [0, 0.05) is 12.6 Å². The van der Waals surface area contributed by atoms with Gasteiger partial charge in [-0.3, -0.25) is 4.79 Å². The lowest BCUT2D eigenvalue weighted by atomic mass is 10.4. The molecule has 16 heavy (non-hydrogen) atoms. The van der Waals surface area contributed by atoms with Crippen LogP contribution in [0.4, 0.5) is 0 Å². The lowest BCUT2D eigenvalue weighted by molar-refractivity contribution is -0.137. The topological polar surface area (TPSA) is 81.2 Å². The maximum Gasteiger partial charge on any atom is 0.323 e. The molecule has 84 valence electrons. The van der Waals surface area contributed by atoms with Crippen molar-refractivity contribution in [2.75, 3.05) is 0 Å². The number of rotatable bonds is 4. The van der Waals surface area contributed by atoms with Gasteiger partial charge in [-0.1, -0.05) is 6.92 Å². The Bertz CT molecular complexity index is 501. The number of hydrogen-bond acceptors (Lipinski definition) is 4. The number of aromatic nitrogens is 3. The summed E-state index contributed by atoms with van der Waals surface area (Å²) in [6, 6.07) is 3.49. The monoisotopic (exact) mass is 221 g/mol. The average molecular weight is 221 g/mol. The third kappa shape index (κ3) is 1.95. The molecule has 0 amide bonds. The average Bonchev–Trinajstić information content (AvgIpc) is 2.84. The van der Waals surface area contributed by atoms with E-state index in [1.807, 2.05) is 6.92 Å². The Morgan fingerprint density at radius 1 is 1.56 bits per heavy atom. The van der Waals surface area contributed by atoms with Crippen LogP contribution in [0.1, 0.15) is 12.8 Å². The lowest BCUT2D eigenvalue weighted by Crippen LogP contribution is -2.08. The molecular formula is C10H11N3O3. The number of carbonyl (C=O) groups is 1. The van der Waals surface area contributed by atoms with Gasteiger partial charge in [-0.2, -0.15) is 0 Å². The predicted molar refractivity (Wildman–Crippen MR) is 54.7 cm³/mol. The molecule has 0 unspecified atom stereocenters. The van der Waals surface area contributed by atoms with Crippen LogP contribution in [0.15, 0.2) is 22.7 Å². The largest absolute Gasteiger partial charge is 0.480 e. The lowest BCUT2D eigenvalue weighted by Gasteiger charge is -2.01. The molecule has 0 saturated carbocycles. The fourth-order valence-corrected chi connectivity index (χ4v) is 1.39. The van der Waals surface area contributed by atoms with E-state index in [1.165, 1.54) is 0 Å². The standard InChI is InChI=1S/C10H11N3O3/c1-2-8-11-12-10(16-8)7-4-3-5-13(7)6-9(14)15/h3-5H,2,6H2,1H3,(H,14,15). The zero-order valence-corrected chi connectivity index (χ0v) is 8.75. The van der Waals surface area contributed by atoms with E-state index in [9.17, 15) is 4.79 Å². The Morgan fingerprint density at radius 2 is 2.38 bits per heavy atom. The van der Waals surface area contributed by atoms with Gasteiger partial charge in [-0.15, -0.1) is 10.2 Å². The van der Waals surface area contributed by atoms with Crippen molar-refractivity contribution in [3.63, 3.8) is 0 Å². The molecule has 0 aromatic carbocycles. The first-order valence-corrected chi connectivity index (χ1v) is 4.90. The molecule has 2 rings (SSSR count). The van der Waals surface area contributed by atoms with Crippen LogP contribution in [0.25, 0.3) is 11.6 Å². The number of carboxylic acid groups (broad SMARTS) is 1. The Labute approximate surface area is 91.5 Å². The van der Waals surface area contributed by atoms with E-state index < -0.39 is 5.97 Å². The van der Waals surface area contributed by atoms with Gasteiger partial charge < -0.3 is 14.1 Å². The molecule has 0 aliphatic heterocycles. The molecular weight excluding hydrogens is 210 g/mol. The number of aryl methyl sites for hydroxylation is 1. The van der Waals surface area contributed by atoms with Gasteiger partial charge in [0.25, 0.3) is 5.89 Å². The molecule has 6 nitrogen and oxygen atoms in total. The van der Waals surface area contributed by atoms with Gasteiger partial charge >= 0.3 is 5.97 Å². The fraction of sp³-hybridized carbons (Fsp3) is 0.300. The minimum Gasteiger partial charge on any atom is -0.480 e. The first-order chi connectivity index (χ1) is 7.70. The zero-order valence-electron chi connectivity index (χ0n) is 8.75. The minimum atomic E-state index is -0.910. The maximum atomic E-state index is 10.6. The second-order valence-electron chi connectivity index (χ2n) is 3.27. The van der Waals surface area contributed by atoms with Crippen LogP contribution in [0.2, 0.25) is 0 Å². The summed E-state index contributed by atoms with van der Waals surface area (Å²) in [5, 5.41) is 16.4. The molecule has 2 heterocycles. The molecule has 1 N–H and O–H groups in total. The van der Waals surface area contributed by atoms with E-state index in [-0.39, 0.29) is 6.54 Å². The summed E-state index contributed by atoms with van der Waals surface area (Å²) < 4.78 is 6.91. The smallest absolute Gasteiger partial charge is 0.323 e. The second kappa shape index (κ2) is 4.18. The van der Waals surface area contributed by atoms with Crippen LogP contribution in [0.3, 0.4) is 0 Å². The van der Waals surface area contributed by atoms with Crippen LogP contribution in [-0.2, 0) is 17.8 Å². The van der Waals surface area contributed by atoms with Crippen molar-refractivity contribution in [1.29, 1.82) is 0 Å². The molecule has 6 heteroatoms. The number of nitrogens with zero attached hydrogens (tertiary/aromatic N) is 3. The third-order valence-electron chi connectivity index (χ3n) is 2.12. The van der Waals surface area contributed by atoms with Crippen molar-refractivity contribution in [3.05, 3.63) is 24.2 Å². The van der Waals surface area contributed by atoms with Crippen LogP contribution in [0, 0.1) is 0 Å². The highest BCUT2D eigenvalue weighted by atomic mass is 16.4. The highest BCUT2D eigenvalue weighted by Gasteiger charge is 2.12. The number of carboxylic acids is 1. The molecule has 0 radical (unpaired) electrons. The normalized spacial score (nSPS) is 10.6. The highest BCUT2D eigenvalue weighted by Crippen LogP contribution is 2.18. The van der Waals surface area contributed by atoms with E-state index in [0.717, 1.165) is 0 Å². The summed E-state index contributed by atoms with van der Waals surface area (Å²) in [4.78, 5) is 10.6. The zero-order chi connectivity index (χ0) is 11.5. The van der Waals surface area contributed by atoms with Crippen molar-refractivity contribution in [2.24, 2.45) is 0 Å². The van der Waals surface area contributed by atoms with Crippen molar-refractivity contribution in [3.8, 4) is 11.6 Å². The van der Waals surface area contributed by atoms with Crippen LogP contribution >= 0.6 is 0 Å². The van der Waals surface area contributed by atoms with Crippen molar-refractivity contribution >= 4 is 5.97 Å². The molecule has 0 aliphatic rings. The molecule has 0 aliphatic carbocycles. The predicted octanol–water partition coefficient (Wildman–Crippen LogP) is 1.19. The maximum absolute atomic E-state index is 10.6. The van der Waals surface area contributed by atoms with Crippen molar-refractivity contribution < 1.29 is 14.3 Å². The van der Waals surface area contributed by atoms with Crippen molar-refractivity contribution in [2.45, 2.75) is 19.9 Å². The van der Waals surface area contributed by atoms with E-state index in [1.54, 1.807) is 22.9 Å². The third-order valence-corrected chi connectivity index (χ3v) is 2.12. The molecule has 0 atom stereocenters. The van der Waals surface area contributed by atoms with Gasteiger partial charge in [-0.05, 0) is 12.1 Å². The summed E-state index contributed by atoms with van der Waals surface area (Å²) in [5.41, 5.74) is 0.620. The first kappa shape index (κ1) is 10.4. The van der Waals surface area contributed by atoms with Gasteiger partial charge in [0.2, 0.25) is 5.89 Å². The van der Waals surface area contributed by atoms with Gasteiger partial charge in [0.15, 0.2) is 0 Å². The quantitative estimate of drug-likeness (QED) is 0.838. The molecule has 2 aromatic rings. The Morgan fingerprint density at radius 3 is 3.00 bits per heavy atom. The number of hydrogen-bond donors (Lipinski definition) is 1. The molecule has 0 bridgehead atoms. The SMILES string of the molecule is CCc1nnc(-c2cccn2CC(=O)O)o1. The van der Waals surface area contributed by atoms with Crippen LogP contribution in [-0.4, -0.2) is 25.8 Å². The van der Waals surface area contributed by atoms with Gasteiger partial charge in [0.05, 0.1) is 0 Å². The summed E-state index contributed by atoms with van der Waals surface area (Å²) >= 11 is 0. The summed E-state index contributed by atoms with van der Waals surface area (Å²) in [6.45, 7) is 1.79. The number of aliphatic carboxylic acids is 1. The van der Waals surface area contributed by atoms with Crippen LogP contribution in [0.5, 0.6) is 0 Å². The fourth-order valence-electron chi connectivity index (χ4n) is 1.39. The Hall–Kier alpha value is -2.11. The molecule has 0 saturated heterocycles. The van der Waals surface area contributed by atoms with E-state index in [4.69, 9.17) is 9.52 Å².